The third-order valence-corrected chi connectivity index (χ3v) is 8.25. The zero-order chi connectivity index (χ0) is 28.9. The van der Waals surface area contributed by atoms with Crippen molar-refractivity contribution >= 4 is 52.9 Å². The van der Waals surface area contributed by atoms with Crippen LogP contribution in [0.5, 0.6) is 0 Å². The number of halogens is 6. The predicted octanol–water partition coefficient (Wildman–Crippen LogP) is 7.73. The first-order chi connectivity index (χ1) is 20.2. The summed E-state index contributed by atoms with van der Waals surface area (Å²) in [7, 11) is 0. The van der Waals surface area contributed by atoms with Crippen LogP contribution in [0.3, 0.4) is 0 Å². The van der Waals surface area contributed by atoms with Crippen molar-refractivity contribution in [3.05, 3.63) is 134 Å². The van der Waals surface area contributed by atoms with Crippen LogP contribution in [0.15, 0.2) is 99.5 Å². The summed E-state index contributed by atoms with van der Waals surface area (Å²) in [6, 6.07) is 20.8. The molecule has 4 nitrogen and oxygen atoms in total. The van der Waals surface area contributed by atoms with Gasteiger partial charge in [-0.15, -0.1) is 0 Å². The van der Waals surface area contributed by atoms with Gasteiger partial charge in [-0.2, -0.15) is 0 Å². The van der Waals surface area contributed by atoms with Gasteiger partial charge >= 0.3 is 6.97 Å². The van der Waals surface area contributed by atoms with Crippen LogP contribution in [0.4, 0.5) is 17.4 Å². The molecule has 0 unspecified atom stereocenters. The fourth-order valence-corrected chi connectivity index (χ4v) is 6.47. The van der Waals surface area contributed by atoms with Crippen LogP contribution in [0, 0.1) is 11.6 Å². The number of benzene rings is 3. The molecule has 3 aromatic carbocycles. The van der Waals surface area contributed by atoms with Crippen LogP contribution >= 0.6 is 23.2 Å². The second-order valence-corrected chi connectivity index (χ2v) is 10.9. The molecular weight excluding hydrogens is 590 g/mol. The van der Waals surface area contributed by atoms with E-state index in [-0.39, 0.29) is 54.8 Å². The van der Waals surface area contributed by atoms with E-state index in [4.69, 9.17) is 32.0 Å². The Morgan fingerprint density at radius 3 is 2.00 bits per heavy atom. The van der Waals surface area contributed by atoms with Gasteiger partial charge in [-0.1, -0.05) is 53.5 Å². The number of hydrogen-bond acceptors (Lipinski definition) is 2. The highest BCUT2D eigenvalue weighted by Crippen LogP contribution is 2.45. The molecule has 3 aromatic heterocycles. The van der Waals surface area contributed by atoms with Crippen molar-refractivity contribution in [1.82, 2.24) is 8.96 Å². The lowest BCUT2D eigenvalue weighted by molar-refractivity contribution is 0.513. The number of aromatic nitrogens is 1. The van der Waals surface area contributed by atoms with Gasteiger partial charge in [-0.3, -0.25) is 0 Å². The van der Waals surface area contributed by atoms with E-state index >= 15 is 8.63 Å². The average Bonchev–Trinajstić information content (AvgIpc) is 3.69. The Balaban J connectivity index is 1.45. The second kappa shape index (κ2) is 8.77. The summed E-state index contributed by atoms with van der Waals surface area (Å²) >= 11 is 13.3. The molecule has 0 saturated carbocycles. The minimum atomic E-state index is -4.54. The van der Waals surface area contributed by atoms with E-state index in [9.17, 15) is 8.78 Å². The van der Waals surface area contributed by atoms with Crippen molar-refractivity contribution in [3.63, 3.8) is 0 Å². The summed E-state index contributed by atoms with van der Waals surface area (Å²) < 4.78 is 75.4. The Kier molecular flexibility index (Phi) is 5.27. The van der Waals surface area contributed by atoms with Crippen molar-refractivity contribution in [1.29, 1.82) is 0 Å². The highest BCUT2D eigenvalue weighted by Gasteiger charge is 2.55. The zero-order valence-corrected chi connectivity index (χ0v) is 22.7. The Hall–Kier alpha value is -4.47. The number of nitrogens with zero attached hydrogens (tertiary/aromatic N) is 2. The Labute approximate surface area is 244 Å². The maximum atomic E-state index is 16.9. The first-order valence-corrected chi connectivity index (χ1v) is 13.6. The normalized spacial score (nSPS) is 15.1. The topological polar surface area (TPSA) is 34.2 Å². The van der Waals surface area contributed by atoms with Crippen LogP contribution in [0.25, 0.3) is 45.4 Å². The summed E-state index contributed by atoms with van der Waals surface area (Å²) in [6.45, 7) is -4.54. The standard InChI is InChI=1S/C31H15BCl2F4N2O2/c33-20-8-3-9-21(34)30(20)31-24-14-28-22(12-26(41-28)16-4-1-6-18(35)10-16)39(24)32(37,38)40-23-13-27(42-29(23)15-25(31)40)17-5-2-7-19(36)11-17/h1-15H. The third-order valence-electron chi connectivity index (χ3n) is 7.62. The number of fused-ring (bicyclic) bond motifs is 5. The van der Waals surface area contributed by atoms with Gasteiger partial charge in [0, 0.05) is 34.5 Å². The lowest BCUT2D eigenvalue weighted by Gasteiger charge is -2.31. The fourth-order valence-electron chi connectivity index (χ4n) is 5.88. The molecule has 0 aliphatic carbocycles. The highest BCUT2D eigenvalue weighted by atomic mass is 35.5. The van der Waals surface area contributed by atoms with E-state index in [0.29, 0.717) is 22.3 Å². The first kappa shape index (κ1) is 25.3. The maximum Gasteiger partial charge on any atom is 0.738 e. The van der Waals surface area contributed by atoms with Crippen LogP contribution in [-0.2, 0) is 0 Å². The van der Waals surface area contributed by atoms with Gasteiger partial charge in [0.1, 0.15) is 28.7 Å². The average molecular weight is 605 g/mol. The predicted molar refractivity (Wildman–Crippen MR) is 155 cm³/mol. The lowest BCUT2D eigenvalue weighted by atomic mass is 9.86. The van der Waals surface area contributed by atoms with Crippen LogP contribution in [0.1, 0.15) is 11.3 Å². The second-order valence-electron chi connectivity index (χ2n) is 10.1. The Bertz CT molecular complexity index is 2280. The maximum absolute atomic E-state index is 16.9. The molecule has 8 rings (SSSR count). The van der Waals surface area contributed by atoms with Gasteiger partial charge in [-0.05, 0) is 36.4 Å². The molecule has 11 heteroatoms. The molecule has 0 radical (unpaired) electrons. The molecule has 0 saturated heterocycles. The fraction of sp³-hybridized carbons (Fsp3) is 0. The van der Waals surface area contributed by atoms with Gasteiger partial charge < -0.3 is 26.4 Å². The molecule has 6 aromatic rings. The molecule has 0 atom stereocenters. The molecule has 206 valence electrons. The Morgan fingerprint density at radius 1 is 0.738 bits per heavy atom. The van der Waals surface area contributed by atoms with Crippen molar-refractivity contribution in [2.45, 2.75) is 0 Å². The monoisotopic (exact) mass is 604 g/mol. The molecule has 0 N–H and O–H groups in total. The SMILES string of the molecule is Fc1cccc(-c2cc3c(o2)=CC2=C(c4c(Cl)cccc4Cl)c4cc5oc(-c6cccc(F)c6)cc5n4[B-](F)(F)[N+]=32)c1. The smallest absolute Gasteiger partial charge is 0.455 e. The molecule has 2 aliphatic heterocycles. The van der Waals surface area contributed by atoms with E-state index in [2.05, 4.69) is 0 Å². The van der Waals surface area contributed by atoms with E-state index in [0.717, 1.165) is 8.96 Å². The number of allylic oxidation sites excluding steroid dienone is 1. The molecular formula is C31H15BCl2F4N2O2. The van der Waals surface area contributed by atoms with Gasteiger partial charge in [0.05, 0.1) is 33.3 Å². The van der Waals surface area contributed by atoms with E-state index in [1.807, 2.05) is 0 Å². The molecule has 2 aliphatic rings. The van der Waals surface area contributed by atoms with Crippen LogP contribution < -0.4 is 15.3 Å². The first-order valence-electron chi connectivity index (χ1n) is 12.9. The summed E-state index contributed by atoms with van der Waals surface area (Å²) in [6.07, 6.45) is 1.51. The number of hydrogen-bond donors (Lipinski definition) is 0. The summed E-state index contributed by atoms with van der Waals surface area (Å²) in [5, 5.41) is 0.644. The molecule has 42 heavy (non-hydrogen) atoms. The van der Waals surface area contributed by atoms with Crippen molar-refractivity contribution in [3.8, 4) is 22.6 Å². The van der Waals surface area contributed by atoms with Crippen molar-refractivity contribution in [2.75, 3.05) is 0 Å². The number of rotatable bonds is 3. The largest absolute Gasteiger partial charge is 0.738 e. The minimum absolute atomic E-state index is 0.108. The third kappa shape index (κ3) is 3.53. The highest BCUT2D eigenvalue weighted by molar-refractivity contribution is 6.65. The van der Waals surface area contributed by atoms with Crippen LogP contribution in [0.2, 0.25) is 10.0 Å². The van der Waals surface area contributed by atoms with Gasteiger partial charge in [0.2, 0.25) is 5.36 Å². The lowest BCUT2D eigenvalue weighted by Crippen LogP contribution is -2.56. The van der Waals surface area contributed by atoms with Gasteiger partial charge in [-0.25, -0.2) is 8.78 Å². The Morgan fingerprint density at radius 2 is 1.36 bits per heavy atom. The van der Waals surface area contributed by atoms with Crippen molar-refractivity contribution in [2.24, 2.45) is 0 Å². The minimum Gasteiger partial charge on any atom is -0.455 e. The van der Waals surface area contributed by atoms with E-state index in [1.165, 1.54) is 60.7 Å². The molecule has 5 heterocycles. The molecule has 0 amide bonds. The molecule has 0 bridgehead atoms. The zero-order valence-electron chi connectivity index (χ0n) is 21.2. The molecule has 0 spiro atoms. The summed E-state index contributed by atoms with van der Waals surface area (Å²) in [4.78, 5) is 0. The number of furan rings is 2. The summed E-state index contributed by atoms with van der Waals surface area (Å²) in [5.41, 5.74) is 2.30. The summed E-state index contributed by atoms with van der Waals surface area (Å²) in [5.74, 6) is -0.492. The quantitative estimate of drug-likeness (QED) is 0.153. The van der Waals surface area contributed by atoms with Gasteiger partial charge in [0.25, 0.3) is 0 Å². The van der Waals surface area contributed by atoms with E-state index < -0.39 is 18.6 Å². The van der Waals surface area contributed by atoms with Crippen LogP contribution in [-0.4, -0.2) is 11.4 Å². The van der Waals surface area contributed by atoms with E-state index in [1.54, 1.807) is 30.3 Å². The van der Waals surface area contributed by atoms with Crippen molar-refractivity contribution < 1.29 is 26.2 Å². The molecule has 0 fully saturated rings. The van der Waals surface area contributed by atoms with Gasteiger partial charge in [0.15, 0.2) is 11.1 Å².